The first-order chi connectivity index (χ1) is 11.8. The third-order valence-electron chi connectivity index (χ3n) is 4.83. The van der Waals surface area contributed by atoms with Gasteiger partial charge in [-0.15, -0.1) is 0 Å². The van der Waals surface area contributed by atoms with Crippen molar-refractivity contribution >= 4 is 15.9 Å². The highest BCUT2D eigenvalue weighted by atomic mass is 32.2. The van der Waals surface area contributed by atoms with Crippen LogP contribution in [0, 0.1) is 5.92 Å². The van der Waals surface area contributed by atoms with Crippen LogP contribution < -0.4 is 4.74 Å². The standard InChI is InChI=1S/C18H28N2O4S/c1-5-19(6-2)18(21)16-13-15(7-8-17(16)24-4)25(22,23)20-11-9-14(3)10-12-20/h7-8,13-14H,5-6,9-12H2,1-4H3. The fourth-order valence-electron chi connectivity index (χ4n) is 3.07. The summed E-state index contributed by atoms with van der Waals surface area (Å²) < 4.78 is 32.7. The van der Waals surface area contributed by atoms with E-state index in [4.69, 9.17) is 4.74 Å². The molecule has 6 nitrogen and oxygen atoms in total. The highest BCUT2D eigenvalue weighted by Gasteiger charge is 2.29. The van der Waals surface area contributed by atoms with Gasteiger partial charge in [0.15, 0.2) is 0 Å². The maximum Gasteiger partial charge on any atom is 0.257 e. The van der Waals surface area contributed by atoms with E-state index >= 15 is 0 Å². The number of sulfonamides is 1. The number of methoxy groups -OCH3 is 1. The second-order valence-electron chi connectivity index (χ2n) is 6.43. The molecule has 0 bridgehead atoms. The van der Waals surface area contributed by atoms with Crippen LogP contribution in [0.2, 0.25) is 0 Å². The lowest BCUT2D eigenvalue weighted by Crippen LogP contribution is -2.38. The second kappa shape index (κ2) is 8.19. The van der Waals surface area contributed by atoms with Crippen molar-refractivity contribution in [3.8, 4) is 5.75 Å². The molecule has 0 aliphatic carbocycles. The Bertz CT molecular complexity index is 706. The molecule has 7 heteroatoms. The van der Waals surface area contributed by atoms with Crippen LogP contribution in [0.25, 0.3) is 0 Å². The Morgan fingerprint density at radius 1 is 1.24 bits per heavy atom. The van der Waals surface area contributed by atoms with Crippen molar-refractivity contribution < 1.29 is 17.9 Å². The lowest BCUT2D eigenvalue weighted by molar-refractivity contribution is 0.0769. The lowest BCUT2D eigenvalue weighted by Gasteiger charge is -2.29. The molecule has 25 heavy (non-hydrogen) atoms. The molecule has 0 spiro atoms. The minimum absolute atomic E-state index is 0.151. The van der Waals surface area contributed by atoms with E-state index in [1.165, 1.54) is 23.5 Å². The number of rotatable bonds is 6. The minimum atomic E-state index is -3.60. The van der Waals surface area contributed by atoms with E-state index in [9.17, 15) is 13.2 Å². The minimum Gasteiger partial charge on any atom is -0.496 e. The summed E-state index contributed by atoms with van der Waals surface area (Å²) in [6.45, 7) is 8.08. The van der Waals surface area contributed by atoms with Crippen molar-refractivity contribution in [1.82, 2.24) is 9.21 Å². The van der Waals surface area contributed by atoms with Crippen molar-refractivity contribution in [3.63, 3.8) is 0 Å². The van der Waals surface area contributed by atoms with Gasteiger partial charge in [-0.05, 0) is 50.8 Å². The summed E-state index contributed by atoms with van der Waals surface area (Å²) in [4.78, 5) is 14.5. The number of carbonyl (C=O) groups is 1. The molecule has 1 aromatic rings. The third kappa shape index (κ3) is 4.15. The number of hydrogen-bond acceptors (Lipinski definition) is 4. The quantitative estimate of drug-likeness (QED) is 0.774. The first-order valence-corrected chi connectivity index (χ1v) is 10.3. The van der Waals surface area contributed by atoms with E-state index in [0.29, 0.717) is 37.8 Å². The van der Waals surface area contributed by atoms with E-state index in [2.05, 4.69) is 6.92 Å². The highest BCUT2D eigenvalue weighted by Crippen LogP contribution is 2.28. The van der Waals surface area contributed by atoms with Crippen molar-refractivity contribution in [2.45, 2.75) is 38.5 Å². The highest BCUT2D eigenvalue weighted by molar-refractivity contribution is 7.89. The van der Waals surface area contributed by atoms with E-state index in [1.807, 2.05) is 13.8 Å². The van der Waals surface area contributed by atoms with Crippen LogP contribution in [0.1, 0.15) is 44.0 Å². The SMILES string of the molecule is CCN(CC)C(=O)c1cc(S(=O)(=O)N2CCC(C)CC2)ccc1OC. The summed E-state index contributed by atoms with van der Waals surface area (Å²) in [5.74, 6) is 0.719. The van der Waals surface area contributed by atoms with E-state index in [0.717, 1.165) is 12.8 Å². The number of benzene rings is 1. The van der Waals surface area contributed by atoms with Crippen LogP contribution in [-0.4, -0.2) is 56.8 Å². The Balaban J connectivity index is 2.39. The summed E-state index contributed by atoms with van der Waals surface area (Å²) >= 11 is 0. The summed E-state index contributed by atoms with van der Waals surface area (Å²) in [5.41, 5.74) is 0.289. The molecule has 0 saturated carbocycles. The average molecular weight is 368 g/mol. The Morgan fingerprint density at radius 2 is 1.84 bits per heavy atom. The number of hydrogen-bond donors (Lipinski definition) is 0. The topological polar surface area (TPSA) is 66.9 Å². The molecule has 0 atom stereocenters. The van der Waals surface area contributed by atoms with Gasteiger partial charge in [0.05, 0.1) is 17.6 Å². The molecule has 140 valence electrons. The van der Waals surface area contributed by atoms with Crippen LogP contribution in [0.15, 0.2) is 23.1 Å². The van der Waals surface area contributed by atoms with Gasteiger partial charge in [0, 0.05) is 26.2 Å². The van der Waals surface area contributed by atoms with Gasteiger partial charge in [0.1, 0.15) is 5.75 Å². The molecule has 1 aromatic carbocycles. The Kier molecular flexibility index (Phi) is 6.46. The summed E-state index contributed by atoms with van der Waals surface area (Å²) in [6.07, 6.45) is 1.72. The predicted octanol–water partition coefficient (Wildman–Crippen LogP) is 2.60. The Morgan fingerprint density at radius 3 is 2.36 bits per heavy atom. The molecule has 0 radical (unpaired) electrons. The Labute approximate surface area is 150 Å². The zero-order chi connectivity index (χ0) is 18.6. The first kappa shape index (κ1) is 19.7. The van der Waals surface area contributed by atoms with Crippen molar-refractivity contribution in [2.75, 3.05) is 33.3 Å². The third-order valence-corrected chi connectivity index (χ3v) is 6.73. The number of amides is 1. The van der Waals surface area contributed by atoms with Gasteiger partial charge in [0.2, 0.25) is 10.0 Å². The maximum absolute atomic E-state index is 12.9. The molecule has 2 rings (SSSR count). The molecular weight excluding hydrogens is 340 g/mol. The van der Waals surface area contributed by atoms with Crippen LogP contribution in [-0.2, 0) is 10.0 Å². The zero-order valence-corrected chi connectivity index (χ0v) is 16.3. The van der Waals surface area contributed by atoms with Crippen LogP contribution in [0.4, 0.5) is 0 Å². The molecule has 1 fully saturated rings. The zero-order valence-electron chi connectivity index (χ0n) is 15.5. The second-order valence-corrected chi connectivity index (χ2v) is 8.36. The van der Waals surface area contributed by atoms with Gasteiger partial charge >= 0.3 is 0 Å². The van der Waals surface area contributed by atoms with E-state index in [-0.39, 0.29) is 16.4 Å². The van der Waals surface area contributed by atoms with Crippen molar-refractivity contribution in [2.24, 2.45) is 5.92 Å². The van der Waals surface area contributed by atoms with Gasteiger partial charge in [0.25, 0.3) is 5.91 Å². The number of piperidine rings is 1. The largest absolute Gasteiger partial charge is 0.496 e. The van der Waals surface area contributed by atoms with Gasteiger partial charge < -0.3 is 9.64 Å². The molecule has 1 saturated heterocycles. The fourth-order valence-corrected chi connectivity index (χ4v) is 4.57. The molecular formula is C18H28N2O4S. The molecule has 0 N–H and O–H groups in total. The van der Waals surface area contributed by atoms with Gasteiger partial charge in [-0.2, -0.15) is 4.31 Å². The molecule has 1 aliphatic rings. The predicted molar refractivity (Wildman–Crippen MR) is 97.4 cm³/mol. The average Bonchev–Trinajstić information content (AvgIpc) is 2.62. The maximum atomic E-state index is 12.9. The van der Waals surface area contributed by atoms with Gasteiger partial charge in [-0.25, -0.2) is 8.42 Å². The van der Waals surface area contributed by atoms with Crippen LogP contribution >= 0.6 is 0 Å². The first-order valence-electron chi connectivity index (χ1n) is 8.82. The van der Waals surface area contributed by atoms with Crippen LogP contribution in [0.5, 0.6) is 5.75 Å². The normalized spacial score (nSPS) is 16.6. The molecule has 1 heterocycles. The van der Waals surface area contributed by atoms with E-state index < -0.39 is 10.0 Å². The smallest absolute Gasteiger partial charge is 0.257 e. The molecule has 0 aromatic heterocycles. The summed E-state index contributed by atoms with van der Waals surface area (Å²) in [6, 6.07) is 4.54. The van der Waals surface area contributed by atoms with Gasteiger partial charge in [-0.3, -0.25) is 4.79 Å². The number of nitrogens with zero attached hydrogens (tertiary/aromatic N) is 2. The van der Waals surface area contributed by atoms with E-state index in [1.54, 1.807) is 11.0 Å². The van der Waals surface area contributed by atoms with Gasteiger partial charge in [-0.1, -0.05) is 6.92 Å². The monoisotopic (exact) mass is 368 g/mol. The summed E-state index contributed by atoms with van der Waals surface area (Å²) in [5, 5.41) is 0. The molecule has 1 amide bonds. The number of carbonyl (C=O) groups excluding carboxylic acids is 1. The fraction of sp³-hybridized carbons (Fsp3) is 0.611. The number of ether oxygens (including phenoxy) is 1. The van der Waals surface area contributed by atoms with Crippen molar-refractivity contribution in [3.05, 3.63) is 23.8 Å². The van der Waals surface area contributed by atoms with Crippen LogP contribution in [0.3, 0.4) is 0 Å². The Hall–Kier alpha value is -1.60. The molecule has 0 unspecified atom stereocenters. The summed E-state index contributed by atoms with van der Waals surface area (Å²) in [7, 11) is -2.12. The van der Waals surface area contributed by atoms with Crippen molar-refractivity contribution in [1.29, 1.82) is 0 Å². The molecule has 1 aliphatic heterocycles. The lowest BCUT2D eigenvalue weighted by atomic mass is 10.0.